The smallest absolute Gasteiger partial charge is 0.335 e. The lowest BCUT2D eigenvalue weighted by atomic mass is 10.1. The molecule has 1 saturated carbocycles. The average Bonchev–Trinajstić information content (AvgIpc) is 2.90. The van der Waals surface area contributed by atoms with Crippen LogP contribution < -0.4 is 4.90 Å². The van der Waals surface area contributed by atoms with Crippen molar-refractivity contribution in [1.29, 1.82) is 0 Å². The molecule has 1 aromatic rings. The number of hydrogen-bond acceptors (Lipinski definition) is 4. The molecule has 20 heavy (non-hydrogen) atoms. The van der Waals surface area contributed by atoms with Crippen LogP contribution in [0.25, 0.3) is 0 Å². The molecule has 0 heterocycles. The van der Waals surface area contributed by atoms with Gasteiger partial charge in [-0.25, -0.2) is 4.79 Å². The summed E-state index contributed by atoms with van der Waals surface area (Å²) in [6.45, 7) is 0.726. The van der Waals surface area contributed by atoms with Gasteiger partial charge in [0.2, 0.25) is 0 Å². The van der Waals surface area contributed by atoms with Gasteiger partial charge in [0, 0.05) is 19.7 Å². The fourth-order valence-corrected chi connectivity index (χ4v) is 2.80. The molecule has 108 valence electrons. The Morgan fingerprint density at radius 2 is 2.10 bits per heavy atom. The fraction of sp³-hybridized carbons (Fsp3) is 0.500. The fourth-order valence-electron chi connectivity index (χ4n) is 2.80. The Balaban J connectivity index is 2.28. The van der Waals surface area contributed by atoms with Crippen LogP contribution in [-0.2, 0) is 0 Å². The molecule has 0 saturated heterocycles. The van der Waals surface area contributed by atoms with Gasteiger partial charge in [-0.1, -0.05) is 12.8 Å². The van der Waals surface area contributed by atoms with Gasteiger partial charge in [0.25, 0.3) is 5.69 Å². The maximum Gasteiger partial charge on any atom is 0.335 e. The molecule has 0 amide bonds. The Morgan fingerprint density at radius 3 is 2.65 bits per heavy atom. The van der Waals surface area contributed by atoms with E-state index in [-0.39, 0.29) is 11.3 Å². The molecule has 1 aliphatic rings. The molecule has 1 aromatic carbocycles. The number of nitro groups is 1. The van der Waals surface area contributed by atoms with Crippen LogP contribution in [0, 0.1) is 16.0 Å². The van der Waals surface area contributed by atoms with E-state index in [1.54, 1.807) is 11.9 Å². The first-order valence-corrected chi connectivity index (χ1v) is 6.72. The van der Waals surface area contributed by atoms with Crippen LogP contribution >= 0.6 is 0 Å². The maximum absolute atomic E-state index is 11.1. The number of nitro benzene ring substituents is 1. The molecular formula is C14H18N2O4. The summed E-state index contributed by atoms with van der Waals surface area (Å²) in [6.07, 6.45) is 4.68. The molecule has 0 atom stereocenters. The van der Waals surface area contributed by atoms with Crippen LogP contribution in [0.3, 0.4) is 0 Å². The SMILES string of the molecule is CN(CC1CCCC1)c1cc(C(=O)O)ccc1[N+](=O)[O-]. The third kappa shape index (κ3) is 3.07. The third-order valence-electron chi connectivity index (χ3n) is 3.84. The van der Waals surface area contributed by atoms with Crippen LogP contribution in [0.15, 0.2) is 18.2 Å². The van der Waals surface area contributed by atoms with Crippen molar-refractivity contribution in [3.8, 4) is 0 Å². The highest BCUT2D eigenvalue weighted by atomic mass is 16.6. The summed E-state index contributed by atoms with van der Waals surface area (Å²) < 4.78 is 0. The van der Waals surface area contributed by atoms with Gasteiger partial charge < -0.3 is 10.0 Å². The summed E-state index contributed by atoms with van der Waals surface area (Å²) in [5.41, 5.74) is 0.404. The number of anilines is 1. The van der Waals surface area contributed by atoms with Gasteiger partial charge in [-0.3, -0.25) is 10.1 Å². The normalized spacial score (nSPS) is 15.2. The first-order chi connectivity index (χ1) is 9.49. The van der Waals surface area contributed by atoms with Gasteiger partial charge >= 0.3 is 5.97 Å². The van der Waals surface area contributed by atoms with Gasteiger partial charge in [0.05, 0.1) is 10.5 Å². The molecule has 1 aliphatic carbocycles. The first-order valence-electron chi connectivity index (χ1n) is 6.72. The molecule has 0 unspecified atom stereocenters. The number of carbonyl (C=O) groups is 1. The lowest BCUT2D eigenvalue weighted by molar-refractivity contribution is -0.384. The zero-order valence-electron chi connectivity index (χ0n) is 11.4. The summed E-state index contributed by atoms with van der Waals surface area (Å²) >= 11 is 0. The number of carboxylic acid groups (broad SMARTS) is 1. The molecule has 0 spiro atoms. The third-order valence-corrected chi connectivity index (χ3v) is 3.84. The second-order valence-corrected chi connectivity index (χ2v) is 5.30. The molecule has 0 radical (unpaired) electrons. The molecule has 6 nitrogen and oxygen atoms in total. The number of nitrogens with zero attached hydrogens (tertiary/aromatic N) is 2. The highest BCUT2D eigenvalue weighted by Crippen LogP contribution is 2.32. The number of rotatable bonds is 5. The Hall–Kier alpha value is -2.11. The largest absolute Gasteiger partial charge is 0.478 e. The van der Waals surface area contributed by atoms with E-state index in [0.717, 1.165) is 19.4 Å². The minimum atomic E-state index is -1.07. The lowest BCUT2D eigenvalue weighted by Gasteiger charge is -2.23. The van der Waals surface area contributed by atoms with Crippen LogP contribution in [0.5, 0.6) is 0 Å². The summed E-state index contributed by atoms with van der Waals surface area (Å²) in [4.78, 5) is 23.4. The topological polar surface area (TPSA) is 83.7 Å². The Kier molecular flexibility index (Phi) is 4.22. The monoisotopic (exact) mass is 278 g/mol. The van der Waals surface area contributed by atoms with Crippen molar-refractivity contribution in [2.24, 2.45) is 5.92 Å². The van der Waals surface area contributed by atoms with Gasteiger partial charge in [-0.2, -0.15) is 0 Å². The van der Waals surface area contributed by atoms with Crippen molar-refractivity contribution < 1.29 is 14.8 Å². The van der Waals surface area contributed by atoms with Gasteiger partial charge in [0.1, 0.15) is 5.69 Å². The van der Waals surface area contributed by atoms with Crippen LogP contribution in [0.2, 0.25) is 0 Å². The molecule has 6 heteroatoms. The van der Waals surface area contributed by atoms with Crippen molar-refractivity contribution in [3.05, 3.63) is 33.9 Å². The number of benzene rings is 1. The second-order valence-electron chi connectivity index (χ2n) is 5.30. The first kappa shape index (κ1) is 14.3. The van der Waals surface area contributed by atoms with Crippen LogP contribution in [0.1, 0.15) is 36.0 Å². The van der Waals surface area contributed by atoms with Crippen molar-refractivity contribution in [1.82, 2.24) is 0 Å². The number of hydrogen-bond donors (Lipinski definition) is 1. The molecule has 2 rings (SSSR count). The van der Waals surface area contributed by atoms with E-state index in [1.165, 1.54) is 31.0 Å². The molecule has 0 aliphatic heterocycles. The molecular weight excluding hydrogens is 260 g/mol. The van der Waals surface area contributed by atoms with E-state index in [9.17, 15) is 14.9 Å². The zero-order chi connectivity index (χ0) is 14.7. The van der Waals surface area contributed by atoms with Crippen molar-refractivity contribution >= 4 is 17.3 Å². The van der Waals surface area contributed by atoms with E-state index in [2.05, 4.69) is 0 Å². The van der Waals surface area contributed by atoms with Crippen molar-refractivity contribution in [2.45, 2.75) is 25.7 Å². The van der Waals surface area contributed by atoms with E-state index in [1.807, 2.05) is 0 Å². The maximum atomic E-state index is 11.1. The molecule has 0 aromatic heterocycles. The van der Waals surface area contributed by atoms with Crippen LogP contribution in [-0.4, -0.2) is 29.6 Å². The van der Waals surface area contributed by atoms with E-state index in [0.29, 0.717) is 11.6 Å². The zero-order valence-corrected chi connectivity index (χ0v) is 11.4. The highest BCUT2D eigenvalue weighted by molar-refractivity contribution is 5.90. The minimum absolute atomic E-state index is 0.0458. The summed E-state index contributed by atoms with van der Waals surface area (Å²) in [7, 11) is 1.78. The van der Waals surface area contributed by atoms with Crippen LogP contribution in [0.4, 0.5) is 11.4 Å². The standard InChI is InChI=1S/C14H18N2O4/c1-15(9-10-4-2-3-5-10)13-8-11(14(17)18)6-7-12(13)16(19)20/h6-8,10H,2-5,9H2,1H3,(H,17,18). The quantitative estimate of drug-likeness (QED) is 0.661. The molecule has 0 bridgehead atoms. The van der Waals surface area contributed by atoms with Gasteiger partial charge in [-0.15, -0.1) is 0 Å². The summed E-state index contributed by atoms with van der Waals surface area (Å²) in [6, 6.07) is 3.92. The predicted octanol–water partition coefficient (Wildman–Crippen LogP) is 2.92. The second kappa shape index (κ2) is 5.90. The average molecular weight is 278 g/mol. The molecule has 1 fully saturated rings. The highest BCUT2D eigenvalue weighted by Gasteiger charge is 2.23. The number of carboxylic acids is 1. The van der Waals surface area contributed by atoms with E-state index in [4.69, 9.17) is 5.11 Å². The van der Waals surface area contributed by atoms with Gasteiger partial charge in [-0.05, 0) is 30.9 Å². The Labute approximate surface area is 117 Å². The Morgan fingerprint density at radius 1 is 1.45 bits per heavy atom. The summed E-state index contributed by atoms with van der Waals surface area (Å²) in [5.74, 6) is -0.538. The lowest BCUT2D eigenvalue weighted by Crippen LogP contribution is -2.25. The molecule has 1 N–H and O–H groups in total. The summed E-state index contributed by atoms with van der Waals surface area (Å²) in [5, 5.41) is 20.1. The number of aromatic carboxylic acids is 1. The van der Waals surface area contributed by atoms with Crippen molar-refractivity contribution in [2.75, 3.05) is 18.5 Å². The minimum Gasteiger partial charge on any atom is -0.478 e. The Bertz CT molecular complexity index is 524. The van der Waals surface area contributed by atoms with Gasteiger partial charge in [0.15, 0.2) is 0 Å². The predicted molar refractivity (Wildman–Crippen MR) is 75.3 cm³/mol. The van der Waals surface area contributed by atoms with E-state index < -0.39 is 10.9 Å². The van der Waals surface area contributed by atoms with E-state index >= 15 is 0 Å². The van der Waals surface area contributed by atoms with Crippen molar-refractivity contribution in [3.63, 3.8) is 0 Å².